The van der Waals surface area contributed by atoms with E-state index in [1.54, 1.807) is 40.8 Å². The van der Waals surface area contributed by atoms with Gasteiger partial charge in [0, 0.05) is 0 Å². The number of nitrogens with zero attached hydrogens (tertiary/aromatic N) is 3. The average molecular weight is 369 g/mol. The Morgan fingerprint density at radius 1 is 1.16 bits per heavy atom. The standard InChI is InChI=1S/C18H15N3O2S2/c1-11-19-14-8-7-12(23-2)9-13(14)17(22)21(11)10-24-18-20-15-5-3-4-6-16(15)25-18/h3-9H,10H2,1-2H3. The summed E-state index contributed by atoms with van der Waals surface area (Å²) in [4.78, 5) is 22.0. The number of thioether (sulfide) groups is 1. The van der Waals surface area contributed by atoms with Crippen molar-refractivity contribution in [2.45, 2.75) is 17.1 Å². The molecular weight excluding hydrogens is 354 g/mol. The van der Waals surface area contributed by atoms with E-state index in [1.165, 1.54) is 0 Å². The highest BCUT2D eigenvalue weighted by atomic mass is 32.2. The number of thiazole rings is 1. The molecule has 4 rings (SSSR count). The van der Waals surface area contributed by atoms with Gasteiger partial charge in [-0.3, -0.25) is 9.36 Å². The first-order valence-corrected chi connectivity index (χ1v) is 9.49. The second-order valence-corrected chi connectivity index (χ2v) is 7.72. The molecule has 0 unspecified atom stereocenters. The van der Waals surface area contributed by atoms with E-state index >= 15 is 0 Å². The normalized spacial score (nSPS) is 11.3. The van der Waals surface area contributed by atoms with Crippen LogP contribution in [-0.2, 0) is 5.88 Å². The zero-order chi connectivity index (χ0) is 17.4. The van der Waals surface area contributed by atoms with Crippen LogP contribution in [0.15, 0.2) is 51.6 Å². The first-order valence-electron chi connectivity index (χ1n) is 7.69. The first kappa shape index (κ1) is 16.1. The quantitative estimate of drug-likeness (QED) is 0.508. The molecule has 0 radical (unpaired) electrons. The number of para-hydroxylation sites is 1. The number of hydrogen-bond donors (Lipinski definition) is 0. The molecule has 126 valence electrons. The molecule has 0 spiro atoms. The van der Waals surface area contributed by atoms with Gasteiger partial charge in [-0.2, -0.15) is 0 Å². The van der Waals surface area contributed by atoms with Gasteiger partial charge in [-0.05, 0) is 37.3 Å². The fourth-order valence-electron chi connectivity index (χ4n) is 2.62. The monoisotopic (exact) mass is 369 g/mol. The Bertz CT molecular complexity index is 1100. The Hall–Kier alpha value is -2.38. The molecule has 0 amide bonds. The SMILES string of the molecule is COc1ccc2nc(C)n(CSc3nc4ccccc4s3)c(=O)c2c1. The predicted molar refractivity (Wildman–Crippen MR) is 103 cm³/mol. The second-order valence-electron chi connectivity index (χ2n) is 5.50. The van der Waals surface area contributed by atoms with E-state index in [4.69, 9.17) is 4.74 Å². The van der Waals surface area contributed by atoms with Gasteiger partial charge in [-0.25, -0.2) is 9.97 Å². The molecule has 7 heteroatoms. The van der Waals surface area contributed by atoms with Crippen LogP contribution in [0.2, 0.25) is 0 Å². The van der Waals surface area contributed by atoms with Crippen LogP contribution in [0.25, 0.3) is 21.1 Å². The summed E-state index contributed by atoms with van der Waals surface area (Å²) < 4.78 is 8.99. The third-order valence-electron chi connectivity index (χ3n) is 3.94. The maximum atomic E-state index is 12.8. The summed E-state index contributed by atoms with van der Waals surface area (Å²) in [7, 11) is 1.59. The molecule has 0 bridgehead atoms. The lowest BCUT2D eigenvalue weighted by atomic mass is 10.2. The number of fused-ring (bicyclic) bond motifs is 2. The van der Waals surface area contributed by atoms with Gasteiger partial charge in [0.1, 0.15) is 11.6 Å². The van der Waals surface area contributed by atoms with Gasteiger partial charge in [0.2, 0.25) is 0 Å². The lowest BCUT2D eigenvalue weighted by Crippen LogP contribution is -2.23. The largest absolute Gasteiger partial charge is 0.497 e. The van der Waals surface area contributed by atoms with Crippen LogP contribution in [-0.4, -0.2) is 21.6 Å². The average Bonchev–Trinajstić information content (AvgIpc) is 3.04. The molecule has 0 aliphatic heterocycles. The van der Waals surface area contributed by atoms with E-state index in [9.17, 15) is 4.79 Å². The van der Waals surface area contributed by atoms with Crippen molar-refractivity contribution >= 4 is 44.2 Å². The van der Waals surface area contributed by atoms with Crippen molar-refractivity contribution in [2.24, 2.45) is 0 Å². The summed E-state index contributed by atoms with van der Waals surface area (Å²) in [5.41, 5.74) is 1.61. The molecule has 0 atom stereocenters. The molecule has 0 aliphatic rings. The Balaban J connectivity index is 1.69. The van der Waals surface area contributed by atoms with Crippen molar-refractivity contribution in [3.05, 3.63) is 58.6 Å². The van der Waals surface area contributed by atoms with Crippen LogP contribution in [0.3, 0.4) is 0 Å². The molecule has 0 saturated heterocycles. The van der Waals surface area contributed by atoms with Gasteiger partial charge >= 0.3 is 0 Å². The van der Waals surface area contributed by atoms with Crippen LogP contribution in [0.5, 0.6) is 5.75 Å². The molecule has 0 aliphatic carbocycles. The fourth-order valence-corrected chi connectivity index (χ4v) is 4.69. The lowest BCUT2D eigenvalue weighted by molar-refractivity contribution is 0.415. The highest BCUT2D eigenvalue weighted by molar-refractivity contribution is 8.00. The number of aromatic nitrogens is 3. The van der Waals surface area contributed by atoms with Gasteiger partial charge in [-0.15, -0.1) is 11.3 Å². The van der Waals surface area contributed by atoms with Gasteiger partial charge < -0.3 is 4.74 Å². The van der Waals surface area contributed by atoms with Crippen molar-refractivity contribution in [3.63, 3.8) is 0 Å². The minimum atomic E-state index is -0.0602. The second kappa shape index (κ2) is 6.50. The molecular formula is C18H15N3O2S2. The van der Waals surface area contributed by atoms with E-state index in [0.717, 1.165) is 14.6 Å². The maximum Gasteiger partial charge on any atom is 0.262 e. The third kappa shape index (κ3) is 3.01. The molecule has 4 aromatic rings. The highest BCUT2D eigenvalue weighted by Crippen LogP contribution is 2.30. The summed E-state index contributed by atoms with van der Waals surface area (Å²) >= 11 is 3.18. The molecule has 0 N–H and O–H groups in total. The van der Waals surface area contributed by atoms with Crippen LogP contribution in [0.1, 0.15) is 5.82 Å². The van der Waals surface area contributed by atoms with Crippen molar-refractivity contribution in [2.75, 3.05) is 7.11 Å². The minimum Gasteiger partial charge on any atom is -0.497 e. The fraction of sp³-hybridized carbons (Fsp3) is 0.167. The van der Waals surface area contributed by atoms with Crippen LogP contribution < -0.4 is 10.3 Å². The zero-order valence-corrected chi connectivity index (χ0v) is 15.4. The van der Waals surface area contributed by atoms with Crippen molar-refractivity contribution in [1.82, 2.24) is 14.5 Å². The summed E-state index contributed by atoms with van der Waals surface area (Å²) in [5.74, 6) is 1.82. The van der Waals surface area contributed by atoms with Gasteiger partial charge in [0.25, 0.3) is 5.56 Å². The number of benzene rings is 2. The van der Waals surface area contributed by atoms with Crippen LogP contribution in [0, 0.1) is 6.92 Å². The minimum absolute atomic E-state index is 0.0602. The number of hydrogen-bond acceptors (Lipinski definition) is 6. The van der Waals surface area contributed by atoms with E-state index in [-0.39, 0.29) is 5.56 Å². The van der Waals surface area contributed by atoms with Crippen LogP contribution >= 0.6 is 23.1 Å². The topological polar surface area (TPSA) is 57.0 Å². The van der Waals surface area contributed by atoms with Gasteiger partial charge in [0.15, 0.2) is 4.34 Å². The van der Waals surface area contributed by atoms with Gasteiger partial charge in [0.05, 0.1) is 34.1 Å². The maximum absolute atomic E-state index is 12.8. The molecule has 5 nitrogen and oxygen atoms in total. The molecule has 0 fully saturated rings. The van der Waals surface area contributed by atoms with Crippen LogP contribution in [0.4, 0.5) is 0 Å². The number of methoxy groups -OCH3 is 1. The number of aryl methyl sites for hydroxylation is 1. The van der Waals surface area contributed by atoms with E-state index < -0.39 is 0 Å². The Kier molecular flexibility index (Phi) is 4.19. The number of ether oxygens (including phenoxy) is 1. The lowest BCUT2D eigenvalue weighted by Gasteiger charge is -2.10. The molecule has 0 saturated carbocycles. The Morgan fingerprint density at radius 3 is 2.80 bits per heavy atom. The van der Waals surface area contributed by atoms with E-state index in [0.29, 0.717) is 28.4 Å². The Morgan fingerprint density at radius 2 is 2.00 bits per heavy atom. The molecule has 2 heterocycles. The smallest absolute Gasteiger partial charge is 0.262 e. The molecule has 2 aromatic heterocycles. The summed E-state index contributed by atoms with van der Waals surface area (Å²) in [6.07, 6.45) is 0. The van der Waals surface area contributed by atoms with E-state index in [1.807, 2.05) is 37.3 Å². The zero-order valence-electron chi connectivity index (χ0n) is 13.7. The molecule has 25 heavy (non-hydrogen) atoms. The van der Waals surface area contributed by atoms with Crippen molar-refractivity contribution in [3.8, 4) is 5.75 Å². The highest BCUT2D eigenvalue weighted by Gasteiger charge is 2.11. The number of rotatable bonds is 4. The predicted octanol–water partition coefficient (Wildman–Crippen LogP) is 4.07. The van der Waals surface area contributed by atoms with Crippen molar-refractivity contribution in [1.29, 1.82) is 0 Å². The summed E-state index contributed by atoms with van der Waals surface area (Å²) in [6, 6.07) is 13.4. The first-order chi connectivity index (χ1) is 12.2. The van der Waals surface area contributed by atoms with Crippen molar-refractivity contribution < 1.29 is 4.74 Å². The van der Waals surface area contributed by atoms with Gasteiger partial charge in [-0.1, -0.05) is 23.9 Å². The third-order valence-corrected chi connectivity index (χ3v) is 6.10. The Labute approximate surface area is 152 Å². The summed E-state index contributed by atoms with van der Waals surface area (Å²) in [5, 5.41) is 0.565. The summed E-state index contributed by atoms with van der Waals surface area (Å²) in [6.45, 7) is 1.85. The van der Waals surface area contributed by atoms with E-state index in [2.05, 4.69) is 16.0 Å². The molecule has 2 aromatic carbocycles.